The van der Waals surface area contributed by atoms with E-state index in [2.05, 4.69) is 20.7 Å². The van der Waals surface area contributed by atoms with Crippen molar-refractivity contribution in [3.63, 3.8) is 0 Å². The van der Waals surface area contributed by atoms with Gasteiger partial charge in [-0.15, -0.1) is 24.0 Å². The lowest BCUT2D eigenvalue weighted by Crippen LogP contribution is -2.42. The van der Waals surface area contributed by atoms with Gasteiger partial charge in [0, 0.05) is 26.3 Å². The van der Waals surface area contributed by atoms with E-state index in [0.29, 0.717) is 19.0 Å². The summed E-state index contributed by atoms with van der Waals surface area (Å²) in [5.41, 5.74) is 2.14. The maximum atomic E-state index is 10.1. The number of aliphatic hydroxyl groups is 1. The molecule has 0 bridgehead atoms. The summed E-state index contributed by atoms with van der Waals surface area (Å²) in [5.74, 6) is 1.41. The molecule has 1 heterocycles. The van der Waals surface area contributed by atoms with Gasteiger partial charge in [0.1, 0.15) is 18.5 Å². The highest BCUT2D eigenvalue weighted by Gasteiger charge is 2.07. The van der Waals surface area contributed by atoms with Crippen LogP contribution in [0.2, 0.25) is 0 Å². The fraction of sp³-hybridized carbons (Fsp3) is 0.444. The van der Waals surface area contributed by atoms with Gasteiger partial charge in [-0.2, -0.15) is 5.10 Å². The zero-order chi connectivity index (χ0) is 18.1. The van der Waals surface area contributed by atoms with Crippen LogP contribution in [0.5, 0.6) is 5.75 Å². The Morgan fingerprint density at radius 1 is 1.35 bits per heavy atom. The lowest BCUT2D eigenvalue weighted by molar-refractivity contribution is 0.110. The number of benzene rings is 1. The number of aliphatic hydroxyl groups excluding tert-OH is 1. The molecule has 7 nitrogen and oxygen atoms in total. The largest absolute Gasteiger partial charge is 0.491 e. The van der Waals surface area contributed by atoms with Gasteiger partial charge in [-0.05, 0) is 37.6 Å². The van der Waals surface area contributed by atoms with Crippen molar-refractivity contribution in [2.24, 2.45) is 12.0 Å². The molecule has 144 valence electrons. The predicted molar refractivity (Wildman–Crippen MR) is 114 cm³/mol. The van der Waals surface area contributed by atoms with Crippen LogP contribution in [-0.4, -0.2) is 46.6 Å². The van der Waals surface area contributed by atoms with Gasteiger partial charge < -0.3 is 20.5 Å². The normalized spacial score (nSPS) is 12.2. The Balaban J connectivity index is 0.00000338. The highest BCUT2D eigenvalue weighted by Crippen LogP contribution is 2.12. The van der Waals surface area contributed by atoms with Crippen molar-refractivity contribution in [1.29, 1.82) is 0 Å². The van der Waals surface area contributed by atoms with E-state index in [0.717, 1.165) is 23.6 Å². The van der Waals surface area contributed by atoms with E-state index < -0.39 is 6.10 Å². The van der Waals surface area contributed by atoms with Crippen LogP contribution in [0.3, 0.4) is 0 Å². The number of guanidine groups is 1. The van der Waals surface area contributed by atoms with Gasteiger partial charge in [-0.1, -0.05) is 12.1 Å². The minimum atomic E-state index is -0.638. The first-order valence-corrected chi connectivity index (χ1v) is 8.45. The molecule has 0 saturated heterocycles. The SMILES string of the molecule is CCNC(=NCc1ccnn1C)NCC(O)COc1cccc(C)c1.I. The van der Waals surface area contributed by atoms with Crippen molar-refractivity contribution in [1.82, 2.24) is 20.4 Å². The molecule has 0 fully saturated rings. The van der Waals surface area contributed by atoms with Gasteiger partial charge in [-0.25, -0.2) is 4.99 Å². The number of aryl methyl sites for hydroxylation is 2. The second kappa shape index (κ2) is 11.7. The summed E-state index contributed by atoms with van der Waals surface area (Å²) < 4.78 is 7.40. The monoisotopic (exact) mass is 473 g/mol. The quantitative estimate of drug-likeness (QED) is 0.310. The first kappa shape index (κ1) is 22.2. The molecule has 1 unspecified atom stereocenters. The Morgan fingerprint density at radius 2 is 2.15 bits per heavy atom. The summed E-state index contributed by atoms with van der Waals surface area (Å²) in [4.78, 5) is 4.50. The van der Waals surface area contributed by atoms with Crippen molar-refractivity contribution in [2.45, 2.75) is 26.5 Å². The lowest BCUT2D eigenvalue weighted by atomic mass is 10.2. The van der Waals surface area contributed by atoms with Gasteiger partial charge in [0.15, 0.2) is 5.96 Å². The summed E-state index contributed by atoms with van der Waals surface area (Å²) in [6.07, 6.45) is 1.11. The molecule has 2 rings (SSSR count). The zero-order valence-corrected chi connectivity index (χ0v) is 17.8. The first-order valence-electron chi connectivity index (χ1n) is 8.45. The van der Waals surface area contributed by atoms with Crippen molar-refractivity contribution in [3.8, 4) is 5.75 Å². The summed E-state index contributed by atoms with van der Waals surface area (Å²) in [6, 6.07) is 9.69. The molecule has 0 amide bonds. The summed E-state index contributed by atoms with van der Waals surface area (Å²) in [7, 11) is 1.89. The predicted octanol–water partition coefficient (Wildman–Crippen LogP) is 1.84. The highest BCUT2D eigenvalue weighted by molar-refractivity contribution is 14.0. The molecule has 3 N–H and O–H groups in total. The second-order valence-electron chi connectivity index (χ2n) is 5.80. The van der Waals surface area contributed by atoms with Crippen LogP contribution >= 0.6 is 24.0 Å². The van der Waals surface area contributed by atoms with Gasteiger partial charge in [-0.3, -0.25) is 4.68 Å². The smallest absolute Gasteiger partial charge is 0.191 e. The molecule has 1 aromatic carbocycles. The van der Waals surface area contributed by atoms with E-state index in [1.807, 2.05) is 51.2 Å². The number of nitrogens with one attached hydrogen (secondary N) is 2. The van der Waals surface area contributed by atoms with E-state index in [4.69, 9.17) is 4.74 Å². The molecule has 0 aliphatic carbocycles. The Labute approximate surface area is 171 Å². The third-order valence-electron chi connectivity index (χ3n) is 3.60. The first-order chi connectivity index (χ1) is 12.1. The van der Waals surface area contributed by atoms with Gasteiger partial charge >= 0.3 is 0 Å². The summed E-state index contributed by atoms with van der Waals surface area (Å²) in [6.45, 7) is 5.83. The number of halogens is 1. The molecule has 1 atom stereocenters. The van der Waals surface area contributed by atoms with Gasteiger partial charge in [0.25, 0.3) is 0 Å². The Morgan fingerprint density at radius 3 is 2.81 bits per heavy atom. The molecular formula is C18H28IN5O2. The van der Waals surface area contributed by atoms with Crippen molar-refractivity contribution < 1.29 is 9.84 Å². The highest BCUT2D eigenvalue weighted by atomic mass is 127. The van der Waals surface area contributed by atoms with Crippen LogP contribution in [-0.2, 0) is 13.6 Å². The number of aliphatic imine (C=N–C) groups is 1. The maximum absolute atomic E-state index is 10.1. The van der Waals surface area contributed by atoms with E-state index >= 15 is 0 Å². The van der Waals surface area contributed by atoms with E-state index in [1.165, 1.54) is 0 Å². The standard InChI is InChI=1S/C18H27N5O2.HI/c1-4-19-18(20-11-15-8-9-22-23(15)3)21-12-16(24)13-25-17-7-5-6-14(2)10-17;/h5-10,16,24H,4,11-13H2,1-3H3,(H2,19,20,21);1H. The lowest BCUT2D eigenvalue weighted by Gasteiger charge is -2.16. The van der Waals surface area contributed by atoms with Crippen LogP contribution in [0, 0.1) is 6.92 Å². The third-order valence-corrected chi connectivity index (χ3v) is 3.60. The van der Waals surface area contributed by atoms with Gasteiger partial charge in [0.05, 0.1) is 12.2 Å². The van der Waals surface area contributed by atoms with E-state index in [1.54, 1.807) is 10.9 Å². The molecule has 26 heavy (non-hydrogen) atoms. The average molecular weight is 473 g/mol. The maximum Gasteiger partial charge on any atom is 0.191 e. The molecular weight excluding hydrogens is 445 g/mol. The van der Waals surface area contributed by atoms with Crippen LogP contribution in [0.4, 0.5) is 0 Å². The number of aromatic nitrogens is 2. The van der Waals surface area contributed by atoms with Crippen LogP contribution < -0.4 is 15.4 Å². The van der Waals surface area contributed by atoms with Crippen molar-refractivity contribution in [3.05, 3.63) is 47.8 Å². The number of hydrogen-bond acceptors (Lipinski definition) is 4. The molecule has 0 aliphatic rings. The zero-order valence-electron chi connectivity index (χ0n) is 15.5. The third kappa shape index (κ3) is 7.61. The summed E-state index contributed by atoms with van der Waals surface area (Å²) in [5, 5.41) is 20.5. The second-order valence-corrected chi connectivity index (χ2v) is 5.80. The minimum absolute atomic E-state index is 0. The number of hydrogen-bond donors (Lipinski definition) is 3. The molecule has 1 aromatic heterocycles. The van der Waals surface area contributed by atoms with Crippen LogP contribution in [0.15, 0.2) is 41.5 Å². The minimum Gasteiger partial charge on any atom is -0.491 e. The van der Waals surface area contributed by atoms with E-state index in [9.17, 15) is 5.11 Å². The molecule has 0 radical (unpaired) electrons. The summed E-state index contributed by atoms with van der Waals surface area (Å²) >= 11 is 0. The molecule has 0 aliphatic heterocycles. The molecule has 0 saturated carbocycles. The Hall–Kier alpha value is -1.81. The number of rotatable bonds is 8. The fourth-order valence-electron chi connectivity index (χ4n) is 2.23. The average Bonchev–Trinajstić information content (AvgIpc) is 3.00. The number of nitrogens with zero attached hydrogens (tertiary/aromatic N) is 3. The topological polar surface area (TPSA) is 83.7 Å². The van der Waals surface area contributed by atoms with Crippen molar-refractivity contribution in [2.75, 3.05) is 19.7 Å². The Bertz CT molecular complexity index is 690. The van der Waals surface area contributed by atoms with Crippen molar-refractivity contribution >= 4 is 29.9 Å². The molecule has 8 heteroatoms. The molecule has 2 aromatic rings. The number of ether oxygens (including phenoxy) is 1. The van der Waals surface area contributed by atoms with E-state index in [-0.39, 0.29) is 30.6 Å². The van der Waals surface area contributed by atoms with Crippen LogP contribution in [0.1, 0.15) is 18.2 Å². The Kier molecular flexibility index (Phi) is 10.0. The van der Waals surface area contributed by atoms with Gasteiger partial charge in [0.2, 0.25) is 0 Å². The van der Waals surface area contributed by atoms with Crippen LogP contribution in [0.25, 0.3) is 0 Å². The molecule has 0 spiro atoms. The fourth-order valence-corrected chi connectivity index (χ4v) is 2.23.